The Bertz CT molecular complexity index is 1040. The molecular weight excluding hydrogens is 453 g/mol. The third-order valence-electron chi connectivity index (χ3n) is 6.36. The van der Waals surface area contributed by atoms with Gasteiger partial charge in [0.15, 0.2) is 0 Å². The van der Waals surface area contributed by atoms with E-state index in [9.17, 15) is 14.7 Å². The highest BCUT2D eigenvalue weighted by atomic mass is 19.1. The van der Waals surface area contributed by atoms with Crippen molar-refractivity contribution in [2.75, 3.05) is 50.7 Å². The summed E-state index contributed by atoms with van der Waals surface area (Å²) in [7, 11) is 0. The molecule has 1 unspecified atom stereocenters. The molecule has 2 fully saturated rings. The number of ether oxygens (including phenoxy) is 1. The van der Waals surface area contributed by atoms with E-state index in [0.717, 1.165) is 43.9 Å². The van der Waals surface area contributed by atoms with Gasteiger partial charge in [0.1, 0.15) is 5.82 Å². The maximum atomic E-state index is 15.0. The Labute approximate surface area is 204 Å². The lowest BCUT2D eigenvalue weighted by Crippen LogP contribution is -2.48. The lowest BCUT2D eigenvalue weighted by Gasteiger charge is -2.34. The summed E-state index contributed by atoms with van der Waals surface area (Å²) in [6, 6.07) is 12.7. The molecule has 0 aliphatic carbocycles. The van der Waals surface area contributed by atoms with Crippen LogP contribution in [-0.4, -0.2) is 85.1 Å². The molecule has 2 heterocycles. The highest BCUT2D eigenvalue weighted by Crippen LogP contribution is 2.30. The van der Waals surface area contributed by atoms with Crippen LogP contribution in [0.3, 0.4) is 0 Å². The minimum absolute atomic E-state index is 0.175. The second-order valence-corrected chi connectivity index (χ2v) is 9.05. The van der Waals surface area contributed by atoms with Crippen LogP contribution >= 0.6 is 0 Å². The van der Waals surface area contributed by atoms with Gasteiger partial charge in [0, 0.05) is 57.4 Å². The van der Waals surface area contributed by atoms with Gasteiger partial charge in [-0.3, -0.25) is 19.4 Å². The average Bonchev–Trinajstić information content (AvgIpc) is 3.20. The minimum atomic E-state index is -1.20. The SMILES string of the molecule is CC(=O)NC[C@H]1CN(c2ccc(-c3ccc(CN4CCN(CC(N)=O)CC4)cc3)c(F)c2)C(O)O1. The number of amides is 2. The van der Waals surface area contributed by atoms with Crippen LogP contribution in [0, 0.1) is 5.82 Å². The number of anilines is 1. The molecule has 2 aromatic rings. The van der Waals surface area contributed by atoms with Crippen molar-refractivity contribution in [3.8, 4) is 11.1 Å². The van der Waals surface area contributed by atoms with Gasteiger partial charge >= 0.3 is 0 Å². The van der Waals surface area contributed by atoms with Gasteiger partial charge in [0.25, 0.3) is 0 Å². The first-order valence-corrected chi connectivity index (χ1v) is 11.7. The smallest absolute Gasteiger partial charge is 0.238 e. The van der Waals surface area contributed by atoms with E-state index in [0.29, 0.717) is 24.3 Å². The highest BCUT2D eigenvalue weighted by molar-refractivity contribution is 5.76. The van der Waals surface area contributed by atoms with E-state index in [4.69, 9.17) is 10.5 Å². The molecule has 0 radical (unpaired) electrons. The molecule has 0 aromatic heterocycles. The summed E-state index contributed by atoms with van der Waals surface area (Å²) in [5.74, 6) is -0.866. The summed E-state index contributed by atoms with van der Waals surface area (Å²) in [5.41, 5.74) is 8.17. The van der Waals surface area contributed by atoms with Crippen LogP contribution in [0.5, 0.6) is 0 Å². The van der Waals surface area contributed by atoms with Gasteiger partial charge in [-0.25, -0.2) is 4.39 Å². The van der Waals surface area contributed by atoms with Crippen molar-refractivity contribution < 1.29 is 23.8 Å². The second kappa shape index (κ2) is 11.1. The first kappa shape index (κ1) is 25.1. The molecule has 2 saturated heterocycles. The molecule has 2 amide bonds. The molecule has 2 atom stereocenters. The number of primary amides is 1. The molecule has 0 spiro atoms. The van der Waals surface area contributed by atoms with Crippen LogP contribution in [0.25, 0.3) is 11.1 Å². The number of aliphatic hydroxyl groups is 1. The van der Waals surface area contributed by atoms with Gasteiger partial charge in [-0.1, -0.05) is 24.3 Å². The van der Waals surface area contributed by atoms with Crippen LogP contribution in [-0.2, 0) is 20.9 Å². The van der Waals surface area contributed by atoms with Crippen molar-refractivity contribution in [3.05, 3.63) is 53.8 Å². The molecule has 4 rings (SSSR count). The highest BCUT2D eigenvalue weighted by Gasteiger charge is 2.32. The van der Waals surface area contributed by atoms with Crippen molar-refractivity contribution in [2.24, 2.45) is 5.73 Å². The van der Waals surface area contributed by atoms with Crippen molar-refractivity contribution in [1.82, 2.24) is 15.1 Å². The molecular formula is C25H32FN5O4. The number of carbonyl (C=O) groups excluding carboxylic acids is 2. The Balaban J connectivity index is 1.35. The molecule has 9 nitrogen and oxygen atoms in total. The number of nitrogens with two attached hydrogens (primary N) is 1. The minimum Gasteiger partial charge on any atom is -0.369 e. The summed E-state index contributed by atoms with van der Waals surface area (Å²) in [4.78, 5) is 28.1. The number of nitrogens with one attached hydrogen (secondary N) is 1. The van der Waals surface area contributed by atoms with E-state index >= 15 is 4.39 Å². The van der Waals surface area contributed by atoms with Crippen molar-refractivity contribution in [1.29, 1.82) is 0 Å². The predicted molar refractivity (Wildman–Crippen MR) is 130 cm³/mol. The van der Waals surface area contributed by atoms with Gasteiger partial charge in [0.05, 0.1) is 19.2 Å². The van der Waals surface area contributed by atoms with Gasteiger partial charge in [0.2, 0.25) is 18.2 Å². The molecule has 0 saturated carbocycles. The third-order valence-corrected chi connectivity index (χ3v) is 6.36. The van der Waals surface area contributed by atoms with Crippen LogP contribution in [0.2, 0.25) is 0 Å². The van der Waals surface area contributed by atoms with Crippen molar-refractivity contribution in [2.45, 2.75) is 26.0 Å². The van der Waals surface area contributed by atoms with E-state index in [1.807, 2.05) is 24.3 Å². The molecule has 4 N–H and O–H groups in total. The standard InChI is InChI=1S/C25H32FN5O4/c1-17(32)28-13-21-15-31(25(34)35-21)20-6-7-22(23(26)12-20)19-4-2-18(3-5-19)14-29-8-10-30(11-9-29)16-24(27)33/h2-7,12,21,25,34H,8-11,13-16H2,1H3,(H2,27,33)(H,28,32)/t21-,25?/m0/s1. The van der Waals surface area contributed by atoms with Gasteiger partial charge in [-0.05, 0) is 29.3 Å². The van der Waals surface area contributed by atoms with Crippen molar-refractivity contribution >= 4 is 17.5 Å². The summed E-state index contributed by atoms with van der Waals surface area (Å²) < 4.78 is 20.5. The lowest BCUT2D eigenvalue weighted by atomic mass is 10.0. The van der Waals surface area contributed by atoms with E-state index < -0.39 is 12.2 Å². The Hall–Kier alpha value is -3.05. The van der Waals surface area contributed by atoms with E-state index in [2.05, 4.69) is 15.1 Å². The zero-order valence-corrected chi connectivity index (χ0v) is 19.8. The number of aliphatic hydroxyl groups excluding tert-OH is 1. The van der Waals surface area contributed by atoms with Crippen LogP contribution in [0.15, 0.2) is 42.5 Å². The molecule has 2 aliphatic rings. The topological polar surface area (TPSA) is 111 Å². The Morgan fingerprint density at radius 1 is 1.11 bits per heavy atom. The molecule has 188 valence electrons. The summed E-state index contributed by atoms with van der Waals surface area (Å²) >= 11 is 0. The number of hydrogen-bond acceptors (Lipinski definition) is 7. The first-order valence-electron chi connectivity index (χ1n) is 11.7. The average molecular weight is 486 g/mol. The van der Waals surface area contributed by atoms with Gasteiger partial charge in [-0.2, -0.15) is 0 Å². The van der Waals surface area contributed by atoms with Crippen molar-refractivity contribution in [3.63, 3.8) is 0 Å². The quantitative estimate of drug-likeness (QED) is 0.505. The largest absolute Gasteiger partial charge is 0.369 e. The number of benzene rings is 2. The molecule has 0 bridgehead atoms. The Morgan fingerprint density at radius 2 is 1.80 bits per heavy atom. The van der Waals surface area contributed by atoms with E-state index in [1.54, 1.807) is 17.0 Å². The monoisotopic (exact) mass is 485 g/mol. The van der Waals surface area contributed by atoms with Crippen LogP contribution < -0.4 is 16.0 Å². The number of halogens is 1. The van der Waals surface area contributed by atoms with Crippen LogP contribution in [0.1, 0.15) is 12.5 Å². The number of piperazine rings is 1. The summed E-state index contributed by atoms with van der Waals surface area (Å²) in [6.07, 6.45) is -1.58. The molecule has 2 aromatic carbocycles. The third kappa shape index (κ3) is 6.55. The Kier molecular flexibility index (Phi) is 7.97. The maximum absolute atomic E-state index is 15.0. The predicted octanol–water partition coefficient (Wildman–Crippen LogP) is 0.713. The Morgan fingerprint density at radius 3 is 2.43 bits per heavy atom. The summed E-state index contributed by atoms with van der Waals surface area (Å²) in [5, 5.41) is 12.9. The molecule has 10 heteroatoms. The van der Waals surface area contributed by atoms with Gasteiger partial charge < -0.3 is 25.8 Å². The fourth-order valence-corrected chi connectivity index (χ4v) is 4.49. The second-order valence-electron chi connectivity index (χ2n) is 9.05. The lowest BCUT2D eigenvalue weighted by molar-refractivity contribution is -0.121. The zero-order chi connectivity index (χ0) is 24.9. The zero-order valence-electron chi connectivity index (χ0n) is 19.8. The molecule has 35 heavy (non-hydrogen) atoms. The van der Waals surface area contributed by atoms with E-state index in [-0.39, 0.29) is 24.5 Å². The summed E-state index contributed by atoms with van der Waals surface area (Å²) in [6.45, 7) is 6.47. The first-order chi connectivity index (χ1) is 16.8. The fraction of sp³-hybridized carbons (Fsp3) is 0.440. The maximum Gasteiger partial charge on any atom is 0.238 e. The number of carbonyl (C=O) groups is 2. The number of hydrogen-bond donors (Lipinski definition) is 3. The van der Waals surface area contributed by atoms with Gasteiger partial charge in [-0.15, -0.1) is 0 Å². The number of nitrogens with zero attached hydrogens (tertiary/aromatic N) is 3. The normalized spacial score (nSPS) is 21.3. The van der Waals surface area contributed by atoms with E-state index in [1.165, 1.54) is 13.0 Å². The van der Waals surface area contributed by atoms with Crippen LogP contribution in [0.4, 0.5) is 10.1 Å². The fourth-order valence-electron chi connectivity index (χ4n) is 4.49. The molecule has 2 aliphatic heterocycles. The number of rotatable bonds is 8.